The van der Waals surface area contributed by atoms with Gasteiger partial charge in [0.2, 0.25) is 0 Å². The lowest BCUT2D eigenvalue weighted by Gasteiger charge is -2.29. The van der Waals surface area contributed by atoms with Crippen molar-refractivity contribution >= 4 is 33.1 Å². The summed E-state index contributed by atoms with van der Waals surface area (Å²) in [6.45, 7) is 2.10. The van der Waals surface area contributed by atoms with Gasteiger partial charge >= 0.3 is 0 Å². The van der Waals surface area contributed by atoms with Crippen molar-refractivity contribution in [3.05, 3.63) is 54.1 Å². The quantitative estimate of drug-likeness (QED) is 0.688. The molecule has 0 aliphatic heterocycles. The monoisotopic (exact) mass is 296 g/mol. The van der Waals surface area contributed by atoms with Crippen LogP contribution in [0.2, 0.25) is 0 Å². The van der Waals surface area contributed by atoms with Crippen molar-refractivity contribution in [3.63, 3.8) is 0 Å². The molecule has 16 heavy (non-hydrogen) atoms. The highest BCUT2D eigenvalue weighted by molar-refractivity contribution is 9.09. The summed E-state index contributed by atoms with van der Waals surface area (Å²) in [6.07, 6.45) is 7.31. The topological polar surface area (TPSA) is 0 Å². The number of benzene rings is 1. The van der Waals surface area contributed by atoms with E-state index in [9.17, 15) is 0 Å². The van der Waals surface area contributed by atoms with Crippen molar-refractivity contribution in [3.8, 4) is 0 Å². The number of alkyl halides is 2. The van der Waals surface area contributed by atoms with Gasteiger partial charge in [0.1, 0.15) is 0 Å². The summed E-state index contributed by atoms with van der Waals surface area (Å²) < 4.78 is 0. The Labute approximate surface area is 110 Å². The fraction of sp³-hybridized carbons (Fsp3) is 0.286. The molecule has 1 aliphatic carbocycles. The third kappa shape index (κ3) is 2.26. The summed E-state index contributed by atoms with van der Waals surface area (Å²) in [5.74, 6) is 0. The maximum Gasteiger partial charge on any atom is 0.0786 e. The van der Waals surface area contributed by atoms with E-state index in [1.54, 1.807) is 0 Å². The predicted octanol–water partition coefficient (Wildman–Crippen LogP) is 4.79. The van der Waals surface area contributed by atoms with Crippen molar-refractivity contribution in [2.75, 3.05) is 0 Å². The minimum atomic E-state index is -0.279. The number of allylic oxidation sites excluding steroid dienone is 4. The summed E-state index contributed by atoms with van der Waals surface area (Å²) in [6, 6.07) is 10.4. The van der Waals surface area contributed by atoms with Crippen molar-refractivity contribution in [2.45, 2.75) is 23.0 Å². The highest BCUT2D eigenvalue weighted by Gasteiger charge is 2.31. The zero-order chi connectivity index (χ0) is 11.6. The molecule has 84 valence electrons. The Morgan fingerprint density at radius 1 is 1.31 bits per heavy atom. The molecule has 0 saturated heterocycles. The fourth-order valence-electron chi connectivity index (χ4n) is 1.81. The molecule has 0 nitrogen and oxygen atoms in total. The second-order valence-electron chi connectivity index (χ2n) is 4.00. The highest BCUT2D eigenvalue weighted by atomic mass is 79.9. The zero-order valence-electron chi connectivity index (χ0n) is 9.16. The van der Waals surface area contributed by atoms with Gasteiger partial charge in [-0.1, -0.05) is 71.4 Å². The van der Waals surface area contributed by atoms with Crippen LogP contribution in [0, 0.1) is 0 Å². The molecular formula is C14H14BrCl. The zero-order valence-corrected chi connectivity index (χ0v) is 11.5. The van der Waals surface area contributed by atoms with Gasteiger partial charge in [0.05, 0.1) is 9.70 Å². The van der Waals surface area contributed by atoms with E-state index in [4.69, 9.17) is 11.6 Å². The van der Waals surface area contributed by atoms with Crippen LogP contribution in [-0.4, -0.2) is 9.70 Å². The van der Waals surface area contributed by atoms with Crippen LogP contribution in [-0.2, 0) is 0 Å². The Morgan fingerprint density at radius 2 is 2.00 bits per heavy atom. The Kier molecular flexibility index (Phi) is 3.56. The minimum Gasteiger partial charge on any atom is -0.113 e. The van der Waals surface area contributed by atoms with Crippen LogP contribution in [0.1, 0.15) is 18.9 Å². The van der Waals surface area contributed by atoms with Gasteiger partial charge in [0.15, 0.2) is 0 Å². The van der Waals surface area contributed by atoms with Crippen LogP contribution in [0.4, 0.5) is 0 Å². The van der Waals surface area contributed by atoms with Crippen LogP contribution in [0.3, 0.4) is 0 Å². The molecular weight excluding hydrogens is 284 g/mol. The normalized spacial score (nSPS) is 28.9. The van der Waals surface area contributed by atoms with Crippen LogP contribution >= 0.6 is 27.5 Å². The number of halogens is 2. The largest absolute Gasteiger partial charge is 0.113 e. The molecule has 0 spiro atoms. The average molecular weight is 298 g/mol. The van der Waals surface area contributed by atoms with Crippen molar-refractivity contribution in [1.82, 2.24) is 0 Å². The van der Waals surface area contributed by atoms with Gasteiger partial charge < -0.3 is 0 Å². The van der Waals surface area contributed by atoms with Gasteiger partial charge in [-0.3, -0.25) is 0 Å². The lowest BCUT2D eigenvalue weighted by Crippen LogP contribution is -2.30. The SMILES string of the molecule is CCC1(Cl)C=CC(c2ccccc2)=CC1Br. The molecule has 1 aromatic rings. The Hall–Kier alpha value is -0.530. The van der Waals surface area contributed by atoms with E-state index in [-0.39, 0.29) is 9.70 Å². The van der Waals surface area contributed by atoms with Gasteiger partial charge in [-0.05, 0) is 17.6 Å². The summed E-state index contributed by atoms with van der Waals surface area (Å²) in [4.78, 5) is -0.0926. The van der Waals surface area contributed by atoms with Gasteiger partial charge in [-0.15, -0.1) is 11.6 Å². The molecule has 0 radical (unpaired) electrons. The van der Waals surface area contributed by atoms with Crippen LogP contribution < -0.4 is 0 Å². The van der Waals surface area contributed by atoms with E-state index < -0.39 is 0 Å². The molecule has 0 N–H and O–H groups in total. The second-order valence-corrected chi connectivity index (χ2v) is 5.69. The molecule has 1 aliphatic rings. The molecule has 0 aromatic heterocycles. The molecule has 0 heterocycles. The van der Waals surface area contributed by atoms with Gasteiger partial charge in [-0.25, -0.2) is 0 Å². The number of rotatable bonds is 2. The standard InChI is InChI=1S/C14H14BrCl/c1-2-14(16)9-8-12(10-13(14)15)11-6-4-3-5-7-11/h3-10,13H,2H2,1H3. The third-order valence-corrected chi connectivity index (χ3v) is 4.95. The molecule has 2 unspecified atom stereocenters. The first-order chi connectivity index (χ1) is 7.65. The summed E-state index contributed by atoms with van der Waals surface area (Å²) in [5.41, 5.74) is 2.46. The van der Waals surface area contributed by atoms with Crippen LogP contribution in [0.25, 0.3) is 5.57 Å². The maximum atomic E-state index is 6.48. The van der Waals surface area contributed by atoms with E-state index in [0.29, 0.717) is 0 Å². The van der Waals surface area contributed by atoms with Crippen molar-refractivity contribution < 1.29 is 0 Å². The van der Waals surface area contributed by atoms with E-state index in [1.165, 1.54) is 11.1 Å². The first kappa shape index (κ1) is 11.9. The third-order valence-electron chi connectivity index (χ3n) is 2.97. The lowest BCUT2D eigenvalue weighted by molar-refractivity contribution is 0.696. The van der Waals surface area contributed by atoms with Crippen molar-refractivity contribution in [2.24, 2.45) is 0 Å². The molecule has 0 amide bonds. The first-order valence-electron chi connectivity index (χ1n) is 5.45. The van der Waals surface area contributed by atoms with Gasteiger partial charge in [0, 0.05) is 0 Å². The molecule has 2 rings (SSSR count). The summed E-state index contributed by atoms with van der Waals surface area (Å²) >= 11 is 10.1. The van der Waals surface area contributed by atoms with Crippen LogP contribution in [0.15, 0.2) is 48.6 Å². The second kappa shape index (κ2) is 4.77. The van der Waals surface area contributed by atoms with Gasteiger partial charge in [-0.2, -0.15) is 0 Å². The minimum absolute atomic E-state index is 0.187. The summed E-state index contributed by atoms with van der Waals surface area (Å²) in [5, 5.41) is 0. The average Bonchev–Trinajstić information content (AvgIpc) is 2.34. The Bertz CT molecular complexity index is 422. The van der Waals surface area contributed by atoms with E-state index in [2.05, 4.69) is 65.3 Å². The van der Waals surface area contributed by atoms with E-state index in [0.717, 1.165) is 6.42 Å². The molecule has 2 heteroatoms. The smallest absolute Gasteiger partial charge is 0.0786 e. The lowest BCUT2D eigenvalue weighted by atomic mass is 9.91. The maximum absolute atomic E-state index is 6.48. The first-order valence-corrected chi connectivity index (χ1v) is 6.74. The predicted molar refractivity (Wildman–Crippen MR) is 75.1 cm³/mol. The molecule has 1 aromatic carbocycles. The Balaban J connectivity index is 2.30. The van der Waals surface area contributed by atoms with E-state index in [1.807, 2.05) is 6.07 Å². The van der Waals surface area contributed by atoms with Crippen molar-refractivity contribution in [1.29, 1.82) is 0 Å². The summed E-state index contributed by atoms with van der Waals surface area (Å²) in [7, 11) is 0. The van der Waals surface area contributed by atoms with Crippen LogP contribution in [0.5, 0.6) is 0 Å². The molecule has 2 atom stereocenters. The molecule has 0 bridgehead atoms. The number of hydrogen-bond donors (Lipinski definition) is 0. The molecule has 0 saturated carbocycles. The highest BCUT2D eigenvalue weighted by Crippen LogP contribution is 2.38. The number of hydrogen-bond acceptors (Lipinski definition) is 0. The fourth-order valence-corrected chi connectivity index (χ4v) is 2.70. The van der Waals surface area contributed by atoms with Gasteiger partial charge in [0.25, 0.3) is 0 Å². The van der Waals surface area contributed by atoms with E-state index >= 15 is 0 Å². The Morgan fingerprint density at radius 3 is 2.56 bits per heavy atom. The molecule has 0 fully saturated rings.